The van der Waals surface area contributed by atoms with Gasteiger partial charge in [0.05, 0.1) is 24.0 Å². The Morgan fingerprint density at radius 1 is 1.18 bits per heavy atom. The molecule has 2 bridgehead atoms. The number of esters is 1. The van der Waals surface area contributed by atoms with Gasteiger partial charge in [-0.3, -0.25) is 19.2 Å². The molecule has 0 radical (unpaired) electrons. The smallest absolute Gasteiger partial charge is 0.306 e. The first-order chi connectivity index (χ1) is 21.8. The Labute approximate surface area is 266 Å². The fourth-order valence-electron chi connectivity index (χ4n) is 7.16. The van der Waals surface area contributed by atoms with E-state index in [-0.39, 0.29) is 43.3 Å². The maximum absolute atomic E-state index is 14.3. The zero-order valence-corrected chi connectivity index (χ0v) is 26.5. The predicted molar refractivity (Wildman–Crippen MR) is 170 cm³/mol. The quantitative estimate of drug-likeness (QED) is 0.137. The molecule has 0 unspecified atom stereocenters. The monoisotopic (exact) mass is 623 g/mol. The summed E-state index contributed by atoms with van der Waals surface area (Å²) in [7, 11) is 0. The molecule has 1 spiro atoms. The SMILES string of the molecule is C=CCCC(=O)OC[C@H](NC(=O)[C@@H]1[C@@H]2CC[C@]3(O2)[C@H](C(=O)N(CC=C)CCCC)N(CCCCCO)C(=O)[C@@H]13)c1ccccc1. The number of aliphatic hydroxyl groups is 1. The van der Waals surface area contributed by atoms with Crippen molar-refractivity contribution in [2.45, 2.75) is 88.5 Å². The van der Waals surface area contributed by atoms with Crippen LogP contribution in [0.4, 0.5) is 0 Å². The highest BCUT2D eigenvalue weighted by Crippen LogP contribution is 2.58. The van der Waals surface area contributed by atoms with Crippen LogP contribution in [0.1, 0.15) is 76.3 Å². The summed E-state index contributed by atoms with van der Waals surface area (Å²) in [5.74, 6) is -2.72. The van der Waals surface area contributed by atoms with Gasteiger partial charge in [0.1, 0.15) is 18.2 Å². The van der Waals surface area contributed by atoms with Crippen molar-refractivity contribution < 1.29 is 33.8 Å². The maximum Gasteiger partial charge on any atom is 0.306 e. The number of carbonyl (C=O) groups excluding carboxylic acids is 4. The zero-order chi connectivity index (χ0) is 32.4. The minimum Gasteiger partial charge on any atom is -0.463 e. The molecule has 1 aromatic carbocycles. The van der Waals surface area contributed by atoms with Crippen LogP contribution in [0.5, 0.6) is 0 Å². The first-order valence-electron chi connectivity index (χ1n) is 16.4. The molecule has 0 aliphatic carbocycles. The molecule has 2 N–H and O–H groups in total. The third-order valence-corrected chi connectivity index (χ3v) is 9.32. The number of allylic oxidation sites excluding steroid dienone is 1. The fourth-order valence-corrected chi connectivity index (χ4v) is 7.16. The second-order valence-electron chi connectivity index (χ2n) is 12.3. The van der Waals surface area contributed by atoms with Crippen LogP contribution < -0.4 is 5.32 Å². The van der Waals surface area contributed by atoms with E-state index in [1.807, 2.05) is 30.3 Å². The van der Waals surface area contributed by atoms with Crippen LogP contribution in [-0.2, 0) is 28.7 Å². The van der Waals surface area contributed by atoms with E-state index in [9.17, 15) is 24.3 Å². The number of rotatable bonds is 19. The van der Waals surface area contributed by atoms with Crippen molar-refractivity contribution in [2.75, 3.05) is 32.8 Å². The summed E-state index contributed by atoms with van der Waals surface area (Å²) in [6.07, 6.45) is 8.29. The Kier molecular flexibility index (Phi) is 12.4. The molecule has 10 nitrogen and oxygen atoms in total. The summed E-state index contributed by atoms with van der Waals surface area (Å²) < 4.78 is 12.1. The molecule has 45 heavy (non-hydrogen) atoms. The molecule has 3 aliphatic heterocycles. The van der Waals surface area contributed by atoms with E-state index in [1.165, 1.54) is 0 Å². The molecule has 0 aromatic heterocycles. The Hall–Kier alpha value is -3.50. The van der Waals surface area contributed by atoms with Crippen molar-refractivity contribution in [1.29, 1.82) is 0 Å². The normalized spacial score (nSPS) is 25.5. The standard InChI is InChI=1S/C35H49N3O7/c1-4-7-17-28(40)44-24-26(25-15-11-9-12-16-25)36-32(41)29-27-18-19-35(45-27)30(29)33(42)38(22-13-10-14-23-39)31(35)34(43)37(20-6-3)21-8-5-2/h4,6,9,11-12,15-16,26-27,29-31,39H,1,3,5,7-8,10,13-14,17-24H2,2H3,(H,36,41)/t26-,27-,29+,30+,31-,35+/m0/s1. The number of amides is 3. The average Bonchev–Trinajstić information content (AvgIpc) is 3.69. The molecule has 3 fully saturated rings. The number of unbranched alkanes of at least 4 members (excludes halogenated alkanes) is 3. The van der Waals surface area contributed by atoms with Gasteiger partial charge in [0.15, 0.2) is 0 Å². The number of nitrogens with zero attached hydrogens (tertiary/aromatic N) is 2. The summed E-state index contributed by atoms with van der Waals surface area (Å²) in [5, 5.41) is 12.4. The van der Waals surface area contributed by atoms with Crippen molar-refractivity contribution in [3.8, 4) is 0 Å². The van der Waals surface area contributed by atoms with E-state index < -0.39 is 35.6 Å². The molecule has 0 saturated carbocycles. The third kappa shape index (κ3) is 7.49. The minimum absolute atomic E-state index is 0.0558. The summed E-state index contributed by atoms with van der Waals surface area (Å²) in [5.41, 5.74) is -0.323. The number of nitrogens with one attached hydrogen (secondary N) is 1. The van der Waals surface area contributed by atoms with Gasteiger partial charge in [-0.2, -0.15) is 0 Å². The number of benzene rings is 1. The van der Waals surface area contributed by atoms with Crippen LogP contribution >= 0.6 is 0 Å². The Bertz CT molecular complexity index is 1210. The Morgan fingerprint density at radius 3 is 2.64 bits per heavy atom. The number of carbonyl (C=O) groups is 4. The number of ether oxygens (including phenoxy) is 2. The van der Waals surface area contributed by atoms with Crippen molar-refractivity contribution in [3.63, 3.8) is 0 Å². The van der Waals surface area contributed by atoms with Crippen molar-refractivity contribution in [1.82, 2.24) is 15.1 Å². The zero-order valence-electron chi connectivity index (χ0n) is 26.5. The lowest BCUT2D eigenvalue weighted by Crippen LogP contribution is -2.56. The second-order valence-corrected chi connectivity index (χ2v) is 12.3. The van der Waals surface area contributed by atoms with E-state index in [4.69, 9.17) is 9.47 Å². The van der Waals surface area contributed by atoms with Crippen LogP contribution in [0.15, 0.2) is 55.6 Å². The van der Waals surface area contributed by atoms with Crippen LogP contribution in [0.3, 0.4) is 0 Å². The maximum atomic E-state index is 14.3. The number of fused-ring (bicyclic) bond motifs is 1. The molecule has 3 heterocycles. The highest BCUT2D eigenvalue weighted by molar-refractivity contribution is 5.99. The molecule has 1 aromatic rings. The topological polar surface area (TPSA) is 125 Å². The third-order valence-electron chi connectivity index (χ3n) is 9.32. The molecule has 3 amide bonds. The van der Waals surface area contributed by atoms with Gasteiger partial charge in [-0.15, -0.1) is 13.2 Å². The molecule has 3 aliphatic rings. The lowest BCUT2D eigenvalue weighted by Gasteiger charge is -2.37. The van der Waals surface area contributed by atoms with Gasteiger partial charge >= 0.3 is 5.97 Å². The molecule has 6 atom stereocenters. The van der Waals surface area contributed by atoms with E-state index in [2.05, 4.69) is 25.4 Å². The van der Waals surface area contributed by atoms with Gasteiger partial charge in [-0.05, 0) is 50.5 Å². The predicted octanol–water partition coefficient (Wildman–Crippen LogP) is 3.71. The molecule has 10 heteroatoms. The van der Waals surface area contributed by atoms with Gasteiger partial charge in [-0.25, -0.2) is 0 Å². The van der Waals surface area contributed by atoms with E-state index in [0.717, 1.165) is 18.4 Å². The van der Waals surface area contributed by atoms with E-state index >= 15 is 0 Å². The lowest BCUT2D eigenvalue weighted by atomic mass is 9.70. The van der Waals surface area contributed by atoms with Crippen molar-refractivity contribution >= 4 is 23.7 Å². The second kappa shape index (κ2) is 16.2. The van der Waals surface area contributed by atoms with E-state index in [1.54, 1.807) is 22.0 Å². The highest BCUT2D eigenvalue weighted by Gasteiger charge is 2.74. The lowest BCUT2D eigenvalue weighted by molar-refractivity contribution is -0.148. The minimum atomic E-state index is -1.09. The Morgan fingerprint density at radius 2 is 1.96 bits per heavy atom. The molecule has 4 rings (SSSR count). The highest BCUT2D eigenvalue weighted by atomic mass is 16.5. The van der Waals surface area contributed by atoms with Crippen molar-refractivity contribution in [2.24, 2.45) is 11.8 Å². The van der Waals surface area contributed by atoms with Crippen LogP contribution in [0.25, 0.3) is 0 Å². The summed E-state index contributed by atoms with van der Waals surface area (Å²) >= 11 is 0. The van der Waals surface area contributed by atoms with Crippen LogP contribution in [0.2, 0.25) is 0 Å². The molecular formula is C35H49N3O7. The number of likely N-dealkylation sites (tertiary alicyclic amines) is 1. The van der Waals surface area contributed by atoms with Gasteiger partial charge < -0.3 is 29.7 Å². The largest absolute Gasteiger partial charge is 0.463 e. The fraction of sp³-hybridized carbons (Fsp3) is 0.600. The molecular weight excluding hydrogens is 574 g/mol. The van der Waals surface area contributed by atoms with Crippen molar-refractivity contribution in [3.05, 3.63) is 61.2 Å². The average molecular weight is 624 g/mol. The van der Waals surface area contributed by atoms with E-state index in [0.29, 0.717) is 58.2 Å². The summed E-state index contributed by atoms with van der Waals surface area (Å²) in [6.45, 7) is 10.8. The van der Waals surface area contributed by atoms with Gasteiger partial charge in [0.25, 0.3) is 0 Å². The Balaban J connectivity index is 1.61. The summed E-state index contributed by atoms with van der Waals surface area (Å²) in [4.78, 5) is 58.4. The van der Waals surface area contributed by atoms with Crippen LogP contribution in [0, 0.1) is 11.8 Å². The number of hydrogen-bond donors (Lipinski definition) is 2. The molecule has 246 valence electrons. The summed E-state index contributed by atoms with van der Waals surface area (Å²) in [6, 6.07) is 7.82. The first kappa shape index (κ1) is 34.4. The molecule has 3 saturated heterocycles. The van der Waals surface area contributed by atoms with Crippen LogP contribution in [-0.4, -0.2) is 89.2 Å². The van der Waals surface area contributed by atoms with Gasteiger partial charge in [0.2, 0.25) is 17.7 Å². The number of hydrogen-bond acceptors (Lipinski definition) is 7. The van der Waals surface area contributed by atoms with Gasteiger partial charge in [-0.1, -0.05) is 55.8 Å². The number of aliphatic hydroxyl groups excluding tert-OH is 1. The van der Waals surface area contributed by atoms with Gasteiger partial charge in [0, 0.05) is 32.7 Å². The first-order valence-corrected chi connectivity index (χ1v) is 16.4.